The third-order valence-corrected chi connectivity index (χ3v) is 10.5. The van der Waals surface area contributed by atoms with E-state index in [-0.39, 0.29) is 37.7 Å². The Hall–Kier alpha value is -3.29. The van der Waals surface area contributed by atoms with Gasteiger partial charge in [0.15, 0.2) is 9.84 Å². The van der Waals surface area contributed by atoms with Gasteiger partial charge in [0.2, 0.25) is 0 Å². The number of aromatic nitrogens is 2. The van der Waals surface area contributed by atoms with Crippen molar-refractivity contribution < 1.29 is 17.6 Å². The van der Waals surface area contributed by atoms with Gasteiger partial charge in [-0.05, 0) is 55.3 Å². The van der Waals surface area contributed by atoms with Crippen LogP contribution in [0.15, 0.2) is 52.3 Å². The van der Waals surface area contributed by atoms with Gasteiger partial charge in [-0.2, -0.15) is 0 Å². The van der Waals surface area contributed by atoms with E-state index in [2.05, 4.69) is 4.90 Å². The molecule has 1 amide bonds. The molecule has 1 aromatic carbocycles. The van der Waals surface area contributed by atoms with Crippen LogP contribution in [0.5, 0.6) is 0 Å². The van der Waals surface area contributed by atoms with E-state index < -0.39 is 21.8 Å². The topological polar surface area (TPSA) is 95.3 Å². The fraction of sp³-hybridized carbons (Fsp3) is 0.333. The molecule has 9 nitrogen and oxygen atoms in total. The highest BCUT2D eigenvalue weighted by Crippen LogP contribution is 2.37. The molecule has 0 spiro atoms. The summed E-state index contributed by atoms with van der Waals surface area (Å²) in [7, 11) is -3.21. The van der Waals surface area contributed by atoms with Crippen LogP contribution in [0.2, 0.25) is 0 Å². The number of sulfone groups is 1. The van der Waals surface area contributed by atoms with Gasteiger partial charge in [-0.15, -0.1) is 0 Å². The molecule has 0 bridgehead atoms. The number of hydrogen-bond donors (Lipinski definition) is 0. The molecule has 40 heavy (non-hydrogen) atoms. The number of halogens is 1. The molecular weight excluding hydrogens is 574 g/mol. The number of anilines is 2. The molecular formula is C27H26FN5O4S3. The summed E-state index contributed by atoms with van der Waals surface area (Å²) in [5.74, 6) is -0.297. The van der Waals surface area contributed by atoms with Crippen LogP contribution in [0.1, 0.15) is 17.5 Å². The maximum absolute atomic E-state index is 13.8. The van der Waals surface area contributed by atoms with Crippen molar-refractivity contribution in [2.45, 2.75) is 19.4 Å². The molecule has 0 N–H and O–H groups in total. The first-order valence-corrected chi connectivity index (χ1v) is 15.9. The highest BCUT2D eigenvalue weighted by atomic mass is 32.2. The quantitative estimate of drug-likeness (QED) is 0.332. The smallest absolute Gasteiger partial charge is 0.267 e. The van der Waals surface area contributed by atoms with Gasteiger partial charge in [-0.3, -0.25) is 18.9 Å². The lowest BCUT2D eigenvalue weighted by Crippen LogP contribution is -2.47. The summed E-state index contributed by atoms with van der Waals surface area (Å²) in [6.45, 7) is 4.28. The molecule has 1 unspecified atom stereocenters. The molecule has 3 saturated heterocycles. The first-order chi connectivity index (χ1) is 19.1. The molecule has 0 saturated carbocycles. The molecule has 3 aliphatic rings. The first-order valence-electron chi connectivity index (χ1n) is 12.9. The lowest BCUT2D eigenvalue weighted by molar-refractivity contribution is -0.123. The Bertz CT molecular complexity index is 1730. The average Bonchev–Trinajstić information content (AvgIpc) is 3.42. The fourth-order valence-corrected chi connectivity index (χ4v) is 8.43. The number of fused-ring (bicyclic) bond motifs is 1. The number of carbonyl (C=O) groups is 1. The van der Waals surface area contributed by atoms with Crippen molar-refractivity contribution >= 4 is 67.3 Å². The van der Waals surface area contributed by atoms with E-state index in [0.29, 0.717) is 44.1 Å². The van der Waals surface area contributed by atoms with Crippen LogP contribution in [0.4, 0.5) is 15.9 Å². The zero-order valence-corrected chi connectivity index (χ0v) is 24.1. The number of aryl methyl sites for hydroxylation is 1. The monoisotopic (exact) mass is 599 g/mol. The standard InChI is InChI=1S/C27H26FN5O4S3/c1-17-2-7-23-29-24(31-11-9-30(10-12-31)19-5-3-18(28)4-6-19)21(25(34)32(23)15-17)14-22-26(35)33(27(38)39-22)20-8-13-40(36,37)16-20/h2-7,14-15,20H,8-13,16H2,1H3. The van der Waals surface area contributed by atoms with E-state index in [1.165, 1.54) is 21.4 Å². The molecule has 6 rings (SSSR count). The predicted molar refractivity (Wildman–Crippen MR) is 159 cm³/mol. The summed E-state index contributed by atoms with van der Waals surface area (Å²) in [5, 5.41) is 0. The van der Waals surface area contributed by atoms with E-state index in [1.54, 1.807) is 30.5 Å². The van der Waals surface area contributed by atoms with Crippen molar-refractivity contribution in [3.63, 3.8) is 0 Å². The van der Waals surface area contributed by atoms with Crippen molar-refractivity contribution in [2.75, 3.05) is 47.5 Å². The third kappa shape index (κ3) is 5.01. The zero-order chi connectivity index (χ0) is 28.2. The molecule has 5 heterocycles. The van der Waals surface area contributed by atoms with Crippen LogP contribution in [0.3, 0.4) is 0 Å². The molecule has 3 aliphatic heterocycles. The van der Waals surface area contributed by atoms with Crippen molar-refractivity contribution in [1.82, 2.24) is 14.3 Å². The Balaban J connectivity index is 1.36. The van der Waals surface area contributed by atoms with E-state index in [4.69, 9.17) is 17.2 Å². The second-order valence-electron chi connectivity index (χ2n) is 10.1. The molecule has 3 aromatic rings. The Morgan fingerprint density at radius 2 is 1.75 bits per heavy atom. The van der Waals surface area contributed by atoms with Crippen molar-refractivity contribution in [1.29, 1.82) is 0 Å². The normalized spacial score (nSPS) is 22.2. The largest absolute Gasteiger partial charge is 0.368 e. The zero-order valence-electron chi connectivity index (χ0n) is 21.6. The summed E-state index contributed by atoms with van der Waals surface area (Å²) in [4.78, 5) is 37.9. The SMILES string of the molecule is Cc1ccc2nc(N3CCN(c4ccc(F)cc4)CC3)c(C=C3SC(=S)N(C4CCS(=O)(=O)C4)C3=O)c(=O)n2c1. The Morgan fingerprint density at radius 3 is 2.42 bits per heavy atom. The molecule has 0 aliphatic carbocycles. The van der Waals surface area contributed by atoms with E-state index in [0.717, 1.165) is 23.0 Å². The van der Waals surface area contributed by atoms with Gasteiger partial charge in [0.25, 0.3) is 11.5 Å². The van der Waals surface area contributed by atoms with E-state index in [1.807, 2.05) is 17.9 Å². The van der Waals surface area contributed by atoms with Crippen molar-refractivity contribution in [3.05, 3.63) is 74.8 Å². The minimum Gasteiger partial charge on any atom is -0.368 e. The fourth-order valence-electron chi connectivity index (χ4n) is 5.35. The van der Waals surface area contributed by atoms with Crippen molar-refractivity contribution in [2.24, 2.45) is 0 Å². The van der Waals surface area contributed by atoms with Gasteiger partial charge >= 0.3 is 0 Å². The summed E-state index contributed by atoms with van der Waals surface area (Å²) < 4.78 is 39.3. The lowest BCUT2D eigenvalue weighted by Gasteiger charge is -2.37. The number of hydrogen-bond acceptors (Lipinski definition) is 9. The number of carbonyl (C=O) groups excluding carboxylic acids is 1. The van der Waals surface area contributed by atoms with Crippen molar-refractivity contribution in [3.8, 4) is 0 Å². The summed E-state index contributed by atoms with van der Waals surface area (Å²) in [6.07, 6.45) is 3.60. The molecule has 3 fully saturated rings. The molecule has 2 aromatic heterocycles. The Morgan fingerprint density at radius 1 is 1.05 bits per heavy atom. The maximum Gasteiger partial charge on any atom is 0.267 e. The summed E-state index contributed by atoms with van der Waals surface area (Å²) in [5.41, 5.74) is 2.27. The van der Waals surface area contributed by atoms with Crippen LogP contribution in [-0.4, -0.2) is 76.7 Å². The number of piperazine rings is 1. The van der Waals surface area contributed by atoms with Gasteiger partial charge < -0.3 is 9.80 Å². The van der Waals surface area contributed by atoms with Gasteiger partial charge in [0.05, 0.1) is 28.0 Å². The van der Waals surface area contributed by atoms with Gasteiger partial charge in [0.1, 0.15) is 21.6 Å². The Kier molecular flexibility index (Phi) is 6.91. The van der Waals surface area contributed by atoms with Crippen LogP contribution in [0, 0.1) is 12.7 Å². The lowest BCUT2D eigenvalue weighted by atomic mass is 10.2. The summed E-state index contributed by atoms with van der Waals surface area (Å²) >= 11 is 6.54. The Labute approximate surface area is 240 Å². The van der Waals surface area contributed by atoms with Gasteiger partial charge in [-0.25, -0.2) is 17.8 Å². The van der Waals surface area contributed by atoms with Gasteiger partial charge in [-0.1, -0.05) is 30.0 Å². The van der Waals surface area contributed by atoms with Crippen LogP contribution < -0.4 is 15.4 Å². The van der Waals surface area contributed by atoms with Crippen LogP contribution >= 0.6 is 24.0 Å². The molecule has 0 radical (unpaired) electrons. The minimum absolute atomic E-state index is 0.0249. The number of thiocarbonyl (C=S) groups is 1. The number of nitrogens with zero attached hydrogens (tertiary/aromatic N) is 5. The van der Waals surface area contributed by atoms with Gasteiger partial charge in [0, 0.05) is 38.1 Å². The average molecular weight is 600 g/mol. The van der Waals surface area contributed by atoms with E-state index in [9.17, 15) is 22.4 Å². The molecule has 1 atom stereocenters. The number of pyridine rings is 1. The van der Waals surface area contributed by atoms with Crippen LogP contribution in [0.25, 0.3) is 11.7 Å². The van der Waals surface area contributed by atoms with Crippen LogP contribution in [-0.2, 0) is 14.6 Å². The second kappa shape index (κ2) is 10.3. The highest BCUT2D eigenvalue weighted by molar-refractivity contribution is 8.26. The number of rotatable bonds is 4. The minimum atomic E-state index is -3.21. The van der Waals surface area contributed by atoms with E-state index >= 15 is 0 Å². The highest BCUT2D eigenvalue weighted by Gasteiger charge is 2.42. The maximum atomic E-state index is 13.8. The number of thioether (sulfide) groups is 1. The first kappa shape index (κ1) is 26.9. The molecule has 208 valence electrons. The second-order valence-corrected chi connectivity index (χ2v) is 14.1. The number of benzene rings is 1. The summed E-state index contributed by atoms with van der Waals surface area (Å²) in [6, 6.07) is 9.54. The number of amides is 1. The predicted octanol–water partition coefficient (Wildman–Crippen LogP) is 2.86. The third-order valence-electron chi connectivity index (χ3n) is 7.43. The molecule has 13 heteroatoms.